The summed E-state index contributed by atoms with van der Waals surface area (Å²) in [4.78, 5) is 12.5. The van der Waals surface area contributed by atoms with Gasteiger partial charge in [0.1, 0.15) is 0 Å². The number of aliphatic hydroxyl groups is 1. The second kappa shape index (κ2) is 5.57. The van der Waals surface area contributed by atoms with Crippen molar-refractivity contribution < 1.29 is 9.90 Å². The number of benzene rings is 1. The molecule has 2 atom stereocenters. The van der Waals surface area contributed by atoms with Crippen LogP contribution < -0.4 is 5.32 Å². The number of hydrogen-bond acceptors (Lipinski definition) is 2. The Morgan fingerprint density at radius 1 is 1.40 bits per heavy atom. The normalized spacial score (nSPS) is 21.9. The predicted molar refractivity (Wildman–Crippen MR) is 80.3 cm³/mol. The van der Waals surface area contributed by atoms with Gasteiger partial charge in [-0.1, -0.05) is 52.0 Å². The second-order valence-corrected chi connectivity index (χ2v) is 6.90. The molecule has 0 saturated carbocycles. The first-order valence-corrected chi connectivity index (χ1v) is 7.38. The number of hydrogen-bond donors (Lipinski definition) is 2. The van der Waals surface area contributed by atoms with Gasteiger partial charge in [-0.15, -0.1) is 0 Å². The number of nitrogens with one attached hydrogen (secondary N) is 1. The summed E-state index contributed by atoms with van der Waals surface area (Å²) in [5.41, 5.74) is 1.77. The van der Waals surface area contributed by atoms with Gasteiger partial charge in [0.15, 0.2) is 0 Å². The molecule has 2 rings (SSSR count). The molecule has 3 nitrogen and oxygen atoms in total. The molecule has 0 aliphatic heterocycles. The van der Waals surface area contributed by atoms with E-state index in [1.54, 1.807) is 0 Å². The third-order valence-corrected chi connectivity index (χ3v) is 4.02. The molecule has 0 spiro atoms. The van der Waals surface area contributed by atoms with Crippen LogP contribution in [-0.4, -0.2) is 17.1 Å². The quantitative estimate of drug-likeness (QED) is 0.887. The molecular weight excluding hydrogens is 250 g/mol. The lowest BCUT2D eigenvalue weighted by atomic mass is 9.83. The monoisotopic (exact) mass is 275 g/mol. The van der Waals surface area contributed by atoms with E-state index in [2.05, 4.69) is 19.2 Å². The second-order valence-electron chi connectivity index (χ2n) is 6.90. The van der Waals surface area contributed by atoms with Gasteiger partial charge in [0.05, 0.1) is 12.1 Å². The van der Waals surface area contributed by atoms with Crippen molar-refractivity contribution >= 4 is 5.91 Å². The van der Waals surface area contributed by atoms with Crippen LogP contribution in [-0.2, 0) is 11.2 Å². The largest absolute Gasteiger partial charge is 0.390 e. The van der Waals surface area contributed by atoms with Crippen molar-refractivity contribution in [3.05, 3.63) is 35.4 Å². The standard InChI is InChI=1S/C17H25NO2/c1-11(2)10-17(3,4)16(20)18-15-13-8-6-5-7-12(13)9-14(15)19/h5-8,11,14-15,19H,9-10H2,1-4H3,(H,18,20)/t14-,15+/m1/s1. The Labute approximate surface area is 121 Å². The smallest absolute Gasteiger partial charge is 0.226 e. The maximum absolute atomic E-state index is 12.5. The number of aliphatic hydroxyl groups excluding tert-OH is 1. The van der Waals surface area contributed by atoms with Gasteiger partial charge in [0, 0.05) is 11.8 Å². The van der Waals surface area contributed by atoms with Crippen molar-refractivity contribution in [1.29, 1.82) is 0 Å². The minimum absolute atomic E-state index is 0.0203. The minimum Gasteiger partial charge on any atom is -0.390 e. The van der Waals surface area contributed by atoms with E-state index in [1.165, 1.54) is 0 Å². The van der Waals surface area contributed by atoms with Crippen molar-refractivity contribution in [1.82, 2.24) is 5.32 Å². The number of rotatable bonds is 4. The number of fused-ring (bicyclic) bond motifs is 1. The summed E-state index contributed by atoms with van der Waals surface area (Å²) in [6.07, 6.45) is 0.931. The third kappa shape index (κ3) is 3.04. The molecule has 110 valence electrons. The van der Waals surface area contributed by atoms with Gasteiger partial charge in [0.25, 0.3) is 0 Å². The van der Waals surface area contributed by atoms with Crippen molar-refractivity contribution in [3.8, 4) is 0 Å². The molecule has 0 heterocycles. The number of amides is 1. The van der Waals surface area contributed by atoms with E-state index in [1.807, 2.05) is 38.1 Å². The van der Waals surface area contributed by atoms with E-state index >= 15 is 0 Å². The SMILES string of the molecule is CC(C)CC(C)(C)C(=O)N[C@H]1c2ccccc2C[C@H]1O. The van der Waals surface area contributed by atoms with Crippen LogP contribution in [0.15, 0.2) is 24.3 Å². The highest BCUT2D eigenvalue weighted by atomic mass is 16.3. The highest BCUT2D eigenvalue weighted by Gasteiger charge is 2.36. The maximum Gasteiger partial charge on any atom is 0.226 e. The molecular formula is C17H25NO2. The topological polar surface area (TPSA) is 49.3 Å². The molecule has 1 amide bonds. The highest BCUT2D eigenvalue weighted by molar-refractivity contribution is 5.82. The first-order chi connectivity index (χ1) is 9.31. The fraction of sp³-hybridized carbons (Fsp3) is 0.588. The molecule has 0 bridgehead atoms. The summed E-state index contributed by atoms with van der Waals surface area (Å²) in [5, 5.41) is 13.2. The predicted octanol–water partition coefficient (Wildman–Crippen LogP) is 2.83. The summed E-state index contributed by atoms with van der Waals surface area (Å²) in [6.45, 7) is 8.18. The summed E-state index contributed by atoms with van der Waals surface area (Å²) in [5.74, 6) is 0.489. The van der Waals surface area contributed by atoms with Gasteiger partial charge in [-0.3, -0.25) is 4.79 Å². The van der Waals surface area contributed by atoms with E-state index in [9.17, 15) is 9.90 Å². The molecule has 1 aromatic rings. The van der Waals surface area contributed by atoms with Crippen molar-refractivity contribution in [2.24, 2.45) is 11.3 Å². The summed E-state index contributed by atoms with van der Waals surface area (Å²) in [6, 6.07) is 7.66. The zero-order chi connectivity index (χ0) is 14.9. The average Bonchev–Trinajstić information content (AvgIpc) is 2.64. The first-order valence-electron chi connectivity index (χ1n) is 7.38. The molecule has 20 heavy (non-hydrogen) atoms. The zero-order valence-corrected chi connectivity index (χ0v) is 12.8. The Morgan fingerprint density at radius 2 is 2.05 bits per heavy atom. The summed E-state index contributed by atoms with van der Waals surface area (Å²) >= 11 is 0. The molecule has 0 aromatic heterocycles. The molecule has 3 heteroatoms. The highest BCUT2D eigenvalue weighted by Crippen LogP contribution is 2.33. The summed E-state index contributed by atoms with van der Waals surface area (Å²) < 4.78 is 0. The fourth-order valence-corrected chi connectivity index (χ4v) is 3.20. The Morgan fingerprint density at radius 3 is 2.70 bits per heavy atom. The molecule has 1 aliphatic rings. The minimum atomic E-state index is -0.522. The fourth-order valence-electron chi connectivity index (χ4n) is 3.20. The lowest BCUT2D eigenvalue weighted by Gasteiger charge is -2.28. The molecule has 0 fully saturated rings. The third-order valence-electron chi connectivity index (χ3n) is 4.02. The van der Waals surface area contributed by atoms with Crippen molar-refractivity contribution in [3.63, 3.8) is 0 Å². The first kappa shape index (κ1) is 15.0. The van der Waals surface area contributed by atoms with Crippen LogP contribution in [0.5, 0.6) is 0 Å². The van der Waals surface area contributed by atoms with Crippen LogP contribution in [0.4, 0.5) is 0 Å². The van der Waals surface area contributed by atoms with Crippen LogP contribution in [0, 0.1) is 11.3 Å². The molecule has 2 N–H and O–H groups in total. The molecule has 0 radical (unpaired) electrons. The van der Waals surface area contributed by atoms with E-state index in [0.717, 1.165) is 17.5 Å². The maximum atomic E-state index is 12.5. The molecule has 1 aliphatic carbocycles. The van der Waals surface area contributed by atoms with Gasteiger partial charge in [-0.05, 0) is 23.5 Å². The number of carbonyl (C=O) groups is 1. The van der Waals surface area contributed by atoms with E-state index in [0.29, 0.717) is 12.3 Å². The molecule has 0 saturated heterocycles. The summed E-state index contributed by atoms with van der Waals surface area (Å²) in [7, 11) is 0. The van der Waals surface area contributed by atoms with Gasteiger partial charge >= 0.3 is 0 Å². The van der Waals surface area contributed by atoms with E-state index in [4.69, 9.17) is 0 Å². The van der Waals surface area contributed by atoms with Gasteiger partial charge < -0.3 is 10.4 Å². The molecule has 0 unspecified atom stereocenters. The van der Waals surface area contributed by atoms with Crippen molar-refractivity contribution in [2.75, 3.05) is 0 Å². The van der Waals surface area contributed by atoms with Crippen LogP contribution in [0.3, 0.4) is 0 Å². The Bertz CT molecular complexity index is 494. The van der Waals surface area contributed by atoms with E-state index < -0.39 is 11.5 Å². The van der Waals surface area contributed by atoms with Gasteiger partial charge in [-0.2, -0.15) is 0 Å². The Kier molecular flexibility index (Phi) is 4.19. The molecule has 1 aromatic carbocycles. The Hall–Kier alpha value is -1.35. The average molecular weight is 275 g/mol. The lowest BCUT2D eigenvalue weighted by molar-refractivity contribution is -0.131. The van der Waals surface area contributed by atoms with Gasteiger partial charge in [-0.25, -0.2) is 0 Å². The van der Waals surface area contributed by atoms with Gasteiger partial charge in [0.2, 0.25) is 5.91 Å². The van der Waals surface area contributed by atoms with Crippen LogP contribution in [0.1, 0.15) is 51.3 Å². The van der Waals surface area contributed by atoms with Crippen LogP contribution in [0.2, 0.25) is 0 Å². The van der Waals surface area contributed by atoms with Crippen molar-refractivity contribution in [2.45, 2.75) is 52.7 Å². The van der Waals surface area contributed by atoms with Crippen LogP contribution >= 0.6 is 0 Å². The number of carbonyl (C=O) groups excluding carboxylic acids is 1. The van der Waals surface area contributed by atoms with E-state index in [-0.39, 0.29) is 11.9 Å². The Balaban J connectivity index is 2.12. The zero-order valence-electron chi connectivity index (χ0n) is 12.8. The van der Waals surface area contributed by atoms with Crippen LogP contribution in [0.25, 0.3) is 0 Å². The lowest BCUT2D eigenvalue weighted by Crippen LogP contribution is -2.42.